The summed E-state index contributed by atoms with van der Waals surface area (Å²) in [6, 6.07) is 0.464. The molecule has 0 aliphatic rings. The Labute approximate surface area is 149 Å². The molecule has 0 aliphatic heterocycles. The monoisotopic (exact) mass is 373 g/mol. The molecule has 2 heterocycles. The van der Waals surface area contributed by atoms with Crippen LogP contribution in [0, 0.1) is 0 Å². The first-order valence-electron chi connectivity index (χ1n) is 8.11. The van der Waals surface area contributed by atoms with Gasteiger partial charge in [0.15, 0.2) is 10.9 Å². The number of aromatic nitrogens is 3. The molecule has 0 bridgehead atoms. The number of thioether (sulfide) groups is 1. The predicted molar refractivity (Wildman–Crippen MR) is 93.8 cm³/mol. The molecular weight excluding hydrogens is 351 g/mol. The summed E-state index contributed by atoms with van der Waals surface area (Å²) in [5.41, 5.74) is 1.15. The van der Waals surface area contributed by atoms with Gasteiger partial charge in [-0.2, -0.15) is 13.2 Å². The van der Waals surface area contributed by atoms with Crippen molar-refractivity contribution in [3.8, 4) is 0 Å². The normalized spacial score (nSPS) is 11.0. The molecule has 0 unspecified atom stereocenters. The van der Waals surface area contributed by atoms with Gasteiger partial charge >= 0.3 is 6.18 Å². The summed E-state index contributed by atoms with van der Waals surface area (Å²) < 4.78 is 38.1. The number of hydrogen-bond acceptors (Lipinski definition) is 4. The predicted octanol–water partition coefficient (Wildman–Crippen LogP) is 4.63. The maximum atomic E-state index is 12.7. The number of H-pyrrole nitrogens is 1. The van der Waals surface area contributed by atoms with Crippen molar-refractivity contribution in [3.63, 3.8) is 0 Å². The fourth-order valence-corrected chi connectivity index (χ4v) is 3.15. The van der Waals surface area contributed by atoms with Gasteiger partial charge < -0.3 is 4.98 Å². The Morgan fingerprint density at radius 1 is 1.12 bits per heavy atom. The zero-order valence-corrected chi connectivity index (χ0v) is 15.5. The molecule has 0 amide bonds. The molecule has 2 aromatic heterocycles. The maximum absolute atomic E-state index is 12.7. The van der Waals surface area contributed by atoms with Gasteiger partial charge in [-0.15, -0.1) is 0 Å². The van der Waals surface area contributed by atoms with E-state index >= 15 is 0 Å². The summed E-state index contributed by atoms with van der Waals surface area (Å²) in [5, 5.41) is -0.0363. The first-order valence-corrected chi connectivity index (χ1v) is 9.09. The zero-order valence-electron chi connectivity index (χ0n) is 14.7. The third-order valence-corrected chi connectivity index (χ3v) is 4.26. The van der Waals surface area contributed by atoms with Crippen molar-refractivity contribution in [2.75, 3.05) is 0 Å². The van der Waals surface area contributed by atoms with E-state index in [0.717, 1.165) is 41.3 Å². The highest BCUT2D eigenvalue weighted by Gasteiger charge is 2.33. The Hall–Kier alpha value is -1.83. The smallest absolute Gasteiger partial charge is 0.301 e. The Balaban J connectivity index is 0.00000151. The largest absolute Gasteiger partial charge is 0.433 e. The first-order chi connectivity index (χ1) is 11.8. The molecule has 0 radical (unpaired) electrons. The zero-order chi connectivity index (χ0) is 19.0. The Bertz CT molecular complexity index is 722. The average molecular weight is 373 g/mol. The summed E-state index contributed by atoms with van der Waals surface area (Å²) in [4.78, 5) is 21.4. The Morgan fingerprint density at radius 2 is 1.68 bits per heavy atom. The summed E-state index contributed by atoms with van der Waals surface area (Å²) in [6.07, 6.45) is 0.449. The molecule has 2 rings (SSSR count). The van der Waals surface area contributed by atoms with Crippen molar-refractivity contribution in [2.24, 2.45) is 0 Å². The molecule has 0 spiro atoms. The minimum absolute atomic E-state index is 0.0363. The molecule has 1 N–H and O–H groups in total. The van der Waals surface area contributed by atoms with E-state index in [0.29, 0.717) is 11.8 Å². The van der Waals surface area contributed by atoms with Gasteiger partial charge in [-0.25, -0.2) is 4.98 Å². The Morgan fingerprint density at radius 3 is 2.16 bits per heavy atom. The quantitative estimate of drug-likeness (QED) is 0.613. The SMILES string of the molecule is CC.CCc1cncc(CC)c1CSc1nc(C(F)(F)F)cc(=O)[nH]1. The highest BCUT2D eigenvalue weighted by molar-refractivity contribution is 7.98. The van der Waals surface area contributed by atoms with Crippen molar-refractivity contribution in [2.45, 2.75) is 57.6 Å². The number of nitrogens with one attached hydrogen (secondary N) is 1. The van der Waals surface area contributed by atoms with E-state index in [1.54, 1.807) is 12.4 Å². The second-order valence-corrected chi connectivity index (χ2v) is 5.83. The van der Waals surface area contributed by atoms with E-state index in [-0.39, 0.29) is 5.16 Å². The van der Waals surface area contributed by atoms with Crippen molar-refractivity contribution in [3.05, 3.63) is 51.2 Å². The van der Waals surface area contributed by atoms with Crippen LogP contribution in [0.15, 0.2) is 28.4 Å². The van der Waals surface area contributed by atoms with Crippen LogP contribution >= 0.6 is 11.8 Å². The number of aromatic amines is 1. The molecule has 0 saturated carbocycles. The average Bonchev–Trinajstić information content (AvgIpc) is 2.60. The van der Waals surface area contributed by atoms with Crippen LogP contribution in [0.2, 0.25) is 0 Å². The molecule has 0 aromatic carbocycles. The van der Waals surface area contributed by atoms with Crippen LogP contribution in [0.1, 0.15) is 50.1 Å². The van der Waals surface area contributed by atoms with Gasteiger partial charge in [-0.1, -0.05) is 39.5 Å². The van der Waals surface area contributed by atoms with Crippen LogP contribution in [0.3, 0.4) is 0 Å². The van der Waals surface area contributed by atoms with Gasteiger partial charge in [-0.3, -0.25) is 9.78 Å². The molecule has 4 nitrogen and oxygen atoms in total. The van der Waals surface area contributed by atoms with Gasteiger partial charge in [0.25, 0.3) is 5.56 Å². The van der Waals surface area contributed by atoms with Crippen molar-refractivity contribution in [1.29, 1.82) is 0 Å². The highest BCUT2D eigenvalue weighted by Crippen LogP contribution is 2.29. The lowest BCUT2D eigenvalue weighted by Crippen LogP contribution is -2.16. The van der Waals surface area contributed by atoms with E-state index in [1.807, 2.05) is 27.7 Å². The molecule has 8 heteroatoms. The third kappa shape index (κ3) is 5.88. The lowest BCUT2D eigenvalue weighted by atomic mass is 10.0. The van der Waals surface area contributed by atoms with Gasteiger partial charge in [0.05, 0.1) is 0 Å². The highest BCUT2D eigenvalue weighted by atomic mass is 32.2. The van der Waals surface area contributed by atoms with E-state index in [4.69, 9.17) is 0 Å². The number of rotatable bonds is 5. The number of nitrogens with zero attached hydrogens (tertiary/aromatic N) is 2. The topological polar surface area (TPSA) is 58.6 Å². The van der Waals surface area contributed by atoms with Gasteiger partial charge in [0.1, 0.15) is 0 Å². The fourth-order valence-electron chi connectivity index (χ4n) is 2.16. The lowest BCUT2D eigenvalue weighted by Gasteiger charge is -2.12. The van der Waals surface area contributed by atoms with Crippen LogP contribution in [0.5, 0.6) is 0 Å². The number of hydrogen-bond donors (Lipinski definition) is 1. The van der Waals surface area contributed by atoms with Gasteiger partial charge in [-0.05, 0) is 29.5 Å². The van der Waals surface area contributed by atoms with Gasteiger partial charge in [0.2, 0.25) is 0 Å². The summed E-state index contributed by atoms with van der Waals surface area (Å²) in [7, 11) is 0. The minimum atomic E-state index is -4.64. The lowest BCUT2D eigenvalue weighted by molar-refractivity contribution is -0.141. The van der Waals surface area contributed by atoms with Crippen LogP contribution in [-0.2, 0) is 24.8 Å². The summed E-state index contributed by atoms with van der Waals surface area (Å²) >= 11 is 1.08. The maximum Gasteiger partial charge on any atom is 0.433 e. The van der Waals surface area contributed by atoms with E-state index in [1.165, 1.54) is 0 Å². The second-order valence-electron chi connectivity index (χ2n) is 4.87. The molecule has 0 fully saturated rings. The Kier molecular flexibility index (Phi) is 8.15. The van der Waals surface area contributed by atoms with Crippen LogP contribution in [-0.4, -0.2) is 15.0 Å². The summed E-state index contributed by atoms with van der Waals surface area (Å²) in [5.74, 6) is 0.430. The number of alkyl halides is 3. The molecule has 2 aromatic rings. The molecule has 0 aliphatic carbocycles. The minimum Gasteiger partial charge on any atom is -0.301 e. The van der Waals surface area contributed by atoms with Gasteiger partial charge in [0, 0.05) is 24.2 Å². The van der Waals surface area contributed by atoms with E-state index in [2.05, 4.69) is 15.0 Å². The van der Waals surface area contributed by atoms with Crippen molar-refractivity contribution < 1.29 is 13.2 Å². The first kappa shape index (κ1) is 21.2. The number of pyridine rings is 1. The number of halogens is 3. The second kappa shape index (κ2) is 9.60. The van der Waals surface area contributed by atoms with Crippen molar-refractivity contribution in [1.82, 2.24) is 15.0 Å². The molecule has 0 atom stereocenters. The molecule has 138 valence electrons. The third-order valence-electron chi connectivity index (χ3n) is 3.36. The fraction of sp³-hybridized carbons (Fsp3) is 0.471. The van der Waals surface area contributed by atoms with Crippen LogP contribution < -0.4 is 5.56 Å². The van der Waals surface area contributed by atoms with Crippen molar-refractivity contribution >= 4 is 11.8 Å². The number of aryl methyl sites for hydroxylation is 2. The molecule has 0 saturated heterocycles. The molecule has 25 heavy (non-hydrogen) atoms. The van der Waals surface area contributed by atoms with E-state index < -0.39 is 17.4 Å². The standard InChI is InChI=1S/C15H16F3N3OS.C2H6/c1-3-9-6-19-7-10(4-2)11(9)8-23-14-20-12(15(16,17)18)5-13(22)21-14;1-2/h5-7H,3-4,8H2,1-2H3,(H,20,21,22);1-2H3. The van der Waals surface area contributed by atoms with E-state index in [9.17, 15) is 18.0 Å². The van der Waals surface area contributed by atoms with Crippen LogP contribution in [0.4, 0.5) is 13.2 Å². The van der Waals surface area contributed by atoms with Crippen LogP contribution in [0.25, 0.3) is 0 Å². The molecular formula is C17H22F3N3OS. The summed E-state index contributed by atoms with van der Waals surface area (Å²) in [6.45, 7) is 7.99.